The Morgan fingerprint density at radius 2 is 2.00 bits per heavy atom. The quantitative estimate of drug-likeness (QED) is 0.252. The molecule has 1 fully saturated rings. The van der Waals surface area contributed by atoms with Gasteiger partial charge in [0.25, 0.3) is 5.91 Å². The first-order valence-corrected chi connectivity index (χ1v) is 2.56. The summed E-state index contributed by atoms with van der Waals surface area (Å²) in [5.41, 5.74) is -2.81. The summed E-state index contributed by atoms with van der Waals surface area (Å²) in [4.78, 5) is 31.0. The summed E-state index contributed by atoms with van der Waals surface area (Å²) in [6, 6.07) is -1.03. The largest absolute Gasteiger partial charge is 0.477 e. The van der Waals surface area contributed by atoms with E-state index in [2.05, 4.69) is 0 Å². The predicted molar refractivity (Wildman–Crippen MR) is 29.3 cm³/mol. The third-order valence-corrected chi connectivity index (χ3v) is 1.16. The smallest absolute Gasteiger partial charge is 0.367 e. The van der Waals surface area contributed by atoms with Crippen molar-refractivity contribution in [2.75, 3.05) is 0 Å². The summed E-state index contributed by atoms with van der Waals surface area (Å²) >= 11 is 0. The zero-order valence-corrected chi connectivity index (χ0v) is 5.12. The number of urea groups is 1. The van der Waals surface area contributed by atoms with Gasteiger partial charge in [-0.1, -0.05) is 0 Å². The van der Waals surface area contributed by atoms with Crippen molar-refractivity contribution < 1.29 is 24.6 Å². The van der Waals surface area contributed by atoms with E-state index in [0.29, 0.717) is 0 Å². The van der Waals surface area contributed by atoms with E-state index in [0.717, 1.165) is 0 Å². The summed E-state index contributed by atoms with van der Waals surface area (Å²) in [7, 11) is 0. The first kappa shape index (κ1) is 7.48. The van der Waals surface area contributed by atoms with E-state index in [1.807, 2.05) is 0 Å². The van der Waals surface area contributed by atoms with Crippen molar-refractivity contribution in [1.29, 1.82) is 0 Å². The maximum absolute atomic E-state index is 10.5. The van der Waals surface area contributed by atoms with Gasteiger partial charge in [0, 0.05) is 0 Å². The molecule has 1 saturated heterocycles. The van der Waals surface area contributed by atoms with Crippen molar-refractivity contribution in [3.05, 3.63) is 0 Å². The molecule has 0 radical (unpaired) electrons. The number of hydrogen-bond acceptors (Lipinski definition) is 4. The molecule has 0 aliphatic carbocycles. The number of hydrogen-bond donors (Lipinski definition) is 4. The minimum absolute atomic E-state index is 1.03. The van der Waals surface area contributed by atoms with Crippen LogP contribution < -0.4 is 10.6 Å². The number of carbonyl (C=O) groups is 3. The molecule has 11 heavy (non-hydrogen) atoms. The van der Waals surface area contributed by atoms with E-state index in [9.17, 15) is 14.4 Å². The number of amides is 3. The van der Waals surface area contributed by atoms with Gasteiger partial charge in [0.2, 0.25) is 0 Å². The second-order valence-electron chi connectivity index (χ2n) is 1.92. The maximum Gasteiger partial charge on any atom is 0.367 e. The molecule has 4 N–H and O–H groups in total. The van der Waals surface area contributed by atoms with Crippen LogP contribution in [-0.2, 0) is 9.59 Å². The van der Waals surface area contributed by atoms with Crippen molar-refractivity contribution >= 4 is 17.9 Å². The topological polar surface area (TPSA) is 116 Å². The highest BCUT2D eigenvalue weighted by molar-refractivity contribution is 6.16. The molecule has 3 amide bonds. The Kier molecular flexibility index (Phi) is 1.31. The Labute approximate surface area is 60.0 Å². The fourth-order valence-corrected chi connectivity index (χ4v) is 0.596. The fraction of sp³-hybridized carbons (Fsp3) is 0.250. The van der Waals surface area contributed by atoms with E-state index in [1.54, 1.807) is 5.32 Å². The highest BCUT2D eigenvalue weighted by atomic mass is 16.4. The van der Waals surface area contributed by atoms with Gasteiger partial charge in [-0.3, -0.25) is 15.4 Å². The van der Waals surface area contributed by atoms with E-state index in [1.165, 1.54) is 5.32 Å². The first-order chi connectivity index (χ1) is 4.97. The zero-order valence-electron chi connectivity index (χ0n) is 5.12. The lowest BCUT2D eigenvalue weighted by Gasteiger charge is -2.11. The van der Waals surface area contributed by atoms with Crippen molar-refractivity contribution in [1.82, 2.24) is 10.6 Å². The number of carbonyl (C=O) groups excluding carboxylic acids is 2. The maximum atomic E-state index is 10.5. The highest BCUT2D eigenvalue weighted by Gasteiger charge is 2.51. The number of nitrogens with one attached hydrogen (secondary N) is 2. The third kappa shape index (κ3) is 0.905. The second-order valence-corrected chi connectivity index (χ2v) is 1.92. The number of imide groups is 1. The molecule has 60 valence electrons. The number of aliphatic hydroxyl groups is 1. The summed E-state index contributed by atoms with van der Waals surface area (Å²) in [6.45, 7) is 0. The normalized spacial score (nSPS) is 29.5. The lowest BCUT2D eigenvalue weighted by molar-refractivity contribution is -0.165. The lowest BCUT2D eigenvalue weighted by atomic mass is 10.2. The molecule has 7 nitrogen and oxygen atoms in total. The fourth-order valence-electron chi connectivity index (χ4n) is 0.596. The van der Waals surface area contributed by atoms with Crippen LogP contribution in [0.5, 0.6) is 0 Å². The minimum atomic E-state index is -2.81. The van der Waals surface area contributed by atoms with Crippen LogP contribution in [0.15, 0.2) is 0 Å². The lowest BCUT2D eigenvalue weighted by Crippen LogP contribution is -2.53. The number of rotatable bonds is 1. The molecule has 1 aliphatic heterocycles. The Morgan fingerprint density at radius 3 is 2.18 bits per heavy atom. The molecule has 1 atom stereocenters. The molecule has 0 saturated carbocycles. The second kappa shape index (κ2) is 1.92. The van der Waals surface area contributed by atoms with Gasteiger partial charge in [-0.15, -0.1) is 0 Å². The van der Waals surface area contributed by atoms with E-state index in [-0.39, 0.29) is 0 Å². The SMILES string of the molecule is O=C1NC(=O)[C@@](O)(C(=O)O)N1. The average molecular weight is 160 g/mol. The summed E-state index contributed by atoms with van der Waals surface area (Å²) in [6.07, 6.45) is 0. The molecule has 0 aromatic rings. The van der Waals surface area contributed by atoms with Gasteiger partial charge in [-0.25, -0.2) is 9.59 Å². The average Bonchev–Trinajstić information content (AvgIpc) is 2.08. The Balaban J connectivity index is 2.96. The molecule has 0 aromatic carbocycles. The van der Waals surface area contributed by atoms with Gasteiger partial charge in [0.15, 0.2) is 0 Å². The van der Waals surface area contributed by atoms with E-state index >= 15 is 0 Å². The van der Waals surface area contributed by atoms with E-state index < -0.39 is 23.6 Å². The van der Waals surface area contributed by atoms with Gasteiger partial charge >= 0.3 is 17.7 Å². The zero-order chi connectivity index (χ0) is 8.65. The number of aliphatic carboxylic acids is 1. The van der Waals surface area contributed by atoms with Crippen LogP contribution in [0, 0.1) is 0 Å². The Hall–Kier alpha value is -1.63. The van der Waals surface area contributed by atoms with Gasteiger partial charge in [-0.05, 0) is 0 Å². The van der Waals surface area contributed by atoms with Crippen LogP contribution in [0.2, 0.25) is 0 Å². The monoisotopic (exact) mass is 160 g/mol. The Morgan fingerprint density at radius 1 is 1.45 bits per heavy atom. The van der Waals surface area contributed by atoms with E-state index in [4.69, 9.17) is 10.2 Å². The number of carboxylic acid groups (broad SMARTS) is 1. The van der Waals surface area contributed by atoms with Crippen LogP contribution in [0.25, 0.3) is 0 Å². The molecule has 0 bridgehead atoms. The highest BCUT2D eigenvalue weighted by Crippen LogP contribution is 2.05. The van der Waals surface area contributed by atoms with Crippen molar-refractivity contribution in [2.24, 2.45) is 0 Å². The summed E-state index contributed by atoms with van der Waals surface area (Å²) in [5.74, 6) is -3.10. The van der Waals surface area contributed by atoms with Crippen LogP contribution in [-0.4, -0.2) is 33.8 Å². The molecular formula is C4H4N2O5. The molecule has 1 heterocycles. The molecule has 0 unspecified atom stereocenters. The number of carboxylic acids is 1. The standard InChI is InChI=1S/C4H4N2O5/c7-1-4(11,2(8)9)6-3(10)5-1/h11H,(H,8,9)(H2,5,6,7,10)/t4-/m1/s1. The molecule has 1 aliphatic rings. The van der Waals surface area contributed by atoms with Crippen molar-refractivity contribution in [3.8, 4) is 0 Å². The van der Waals surface area contributed by atoms with Gasteiger partial charge in [0.1, 0.15) is 0 Å². The first-order valence-electron chi connectivity index (χ1n) is 2.56. The molecule has 7 heteroatoms. The van der Waals surface area contributed by atoms with Gasteiger partial charge < -0.3 is 10.2 Å². The van der Waals surface area contributed by atoms with Crippen LogP contribution in [0.3, 0.4) is 0 Å². The molecule has 0 aromatic heterocycles. The van der Waals surface area contributed by atoms with Gasteiger partial charge in [0.05, 0.1) is 0 Å². The minimum Gasteiger partial charge on any atom is -0.477 e. The molecule has 0 spiro atoms. The van der Waals surface area contributed by atoms with Crippen LogP contribution in [0.4, 0.5) is 4.79 Å². The molecular weight excluding hydrogens is 156 g/mol. The van der Waals surface area contributed by atoms with Crippen LogP contribution in [0.1, 0.15) is 0 Å². The van der Waals surface area contributed by atoms with Crippen LogP contribution >= 0.6 is 0 Å². The third-order valence-electron chi connectivity index (χ3n) is 1.16. The van der Waals surface area contributed by atoms with Crippen molar-refractivity contribution in [2.45, 2.75) is 5.72 Å². The predicted octanol–water partition coefficient (Wildman–Crippen LogP) is -2.40. The van der Waals surface area contributed by atoms with Gasteiger partial charge in [-0.2, -0.15) is 0 Å². The molecule has 1 rings (SSSR count). The summed E-state index contributed by atoms with van der Waals surface area (Å²) in [5, 5.41) is 20.2. The summed E-state index contributed by atoms with van der Waals surface area (Å²) < 4.78 is 0. The van der Waals surface area contributed by atoms with Crippen molar-refractivity contribution in [3.63, 3.8) is 0 Å². The Bertz CT molecular complexity index is 249.